The zero-order valence-electron chi connectivity index (χ0n) is 11.0. The number of aromatic nitrogens is 1. The Kier molecular flexibility index (Phi) is 4.94. The van der Waals surface area contributed by atoms with Crippen molar-refractivity contribution in [1.82, 2.24) is 10.3 Å². The van der Waals surface area contributed by atoms with Gasteiger partial charge < -0.3 is 21.3 Å². The summed E-state index contributed by atoms with van der Waals surface area (Å²) in [6.07, 6.45) is -1.57. The average molecular weight is 284 g/mol. The summed E-state index contributed by atoms with van der Waals surface area (Å²) in [5, 5.41) is 32.9. The molecule has 1 aromatic rings. The lowest BCUT2D eigenvalue weighted by atomic mass is 10.00. The monoisotopic (exact) mass is 284 g/mol. The lowest BCUT2D eigenvalue weighted by Gasteiger charge is -2.19. The molecule has 2 unspecified atom stereocenters. The number of carbonyl (C=O) groups is 1. The highest BCUT2D eigenvalue weighted by Gasteiger charge is 2.27. The standard InChI is InChI=1S/C11H16N4O5/c1-5-7(3-14-11(12)9(5)15(19)20)10(18)8(17)4-13-6(2)16/h3,8,10,17-18H,4H2,1-2H3,(H2,12,14)(H,13,16). The molecule has 0 aliphatic rings. The number of nitro groups is 1. The lowest BCUT2D eigenvalue weighted by Crippen LogP contribution is -2.34. The minimum atomic E-state index is -1.42. The lowest BCUT2D eigenvalue weighted by molar-refractivity contribution is -0.384. The molecule has 0 saturated carbocycles. The van der Waals surface area contributed by atoms with Gasteiger partial charge in [0.05, 0.1) is 4.92 Å². The Morgan fingerprint density at radius 3 is 2.70 bits per heavy atom. The molecule has 20 heavy (non-hydrogen) atoms. The fourth-order valence-electron chi connectivity index (χ4n) is 1.72. The van der Waals surface area contributed by atoms with Gasteiger partial charge in [0.15, 0.2) is 0 Å². The van der Waals surface area contributed by atoms with E-state index in [1.54, 1.807) is 0 Å². The van der Waals surface area contributed by atoms with Gasteiger partial charge in [0.25, 0.3) is 0 Å². The molecule has 2 atom stereocenters. The number of aliphatic hydroxyl groups excluding tert-OH is 2. The van der Waals surface area contributed by atoms with Gasteiger partial charge in [0, 0.05) is 30.8 Å². The van der Waals surface area contributed by atoms with E-state index < -0.39 is 22.8 Å². The Labute approximate surface area is 114 Å². The Hall–Kier alpha value is -2.26. The summed E-state index contributed by atoms with van der Waals surface area (Å²) in [4.78, 5) is 24.6. The van der Waals surface area contributed by atoms with Crippen molar-refractivity contribution in [1.29, 1.82) is 0 Å². The van der Waals surface area contributed by atoms with Crippen LogP contribution in [-0.2, 0) is 4.79 Å². The molecular weight excluding hydrogens is 268 g/mol. The van der Waals surface area contributed by atoms with E-state index >= 15 is 0 Å². The van der Waals surface area contributed by atoms with Crippen LogP contribution >= 0.6 is 0 Å². The molecule has 0 bridgehead atoms. The smallest absolute Gasteiger partial charge is 0.314 e. The molecule has 0 radical (unpaired) electrons. The molecule has 1 heterocycles. The predicted molar refractivity (Wildman–Crippen MR) is 69.7 cm³/mol. The minimum Gasteiger partial charge on any atom is -0.388 e. The predicted octanol–water partition coefficient (Wildman–Crippen LogP) is -0.589. The summed E-state index contributed by atoms with van der Waals surface area (Å²) < 4.78 is 0. The largest absolute Gasteiger partial charge is 0.388 e. The number of amides is 1. The summed E-state index contributed by atoms with van der Waals surface area (Å²) in [5.41, 5.74) is 5.21. The molecule has 1 amide bonds. The average Bonchev–Trinajstić information content (AvgIpc) is 2.34. The number of rotatable bonds is 5. The topological polar surface area (TPSA) is 152 Å². The summed E-state index contributed by atoms with van der Waals surface area (Å²) >= 11 is 0. The Morgan fingerprint density at radius 1 is 1.60 bits per heavy atom. The van der Waals surface area contributed by atoms with Crippen molar-refractivity contribution in [3.8, 4) is 0 Å². The van der Waals surface area contributed by atoms with Gasteiger partial charge in [0.1, 0.15) is 12.2 Å². The molecule has 0 saturated heterocycles. The minimum absolute atomic E-state index is 0.0868. The van der Waals surface area contributed by atoms with Crippen LogP contribution in [0.5, 0.6) is 0 Å². The van der Waals surface area contributed by atoms with Crippen molar-refractivity contribution in [3.05, 3.63) is 27.4 Å². The Bertz CT molecular complexity index is 534. The molecule has 0 aromatic carbocycles. The number of hydrogen-bond acceptors (Lipinski definition) is 7. The van der Waals surface area contributed by atoms with E-state index in [0.717, 1.165) is 0 Å². The van der Waals surface area contributed by atoms with Crippen molar-refractivity contribution >= 4 is 17.4 Å². The van der Waals surface area contributed by atoms with Crippen molar-refractivity contribution in [2.45, 2.75) is 26.1 Å². The second-order valence-electron chi connectivity index (χ2n) is 4.28. The molecule has 1 aromatic heterocycles. The molecule has 5 N–H and O–H groups in total. The number of nitrogens with zero attached hydrogens (tertiary/aromatic N) is 2. The maximum absolute atomic E-state index is 10.9. The van der Waals surface area contributed by atoms with Gasteiger partial charge in [-0.05, 0) is 6.92 Å². The van der Waals surface area contributed by atoms with Crippen molar-refractivity contribution < 1.29 is 19.9 Å². The van der Waals surface area contributed by atoms with Crippen molar-refractivity contribution in [2.75, 3.05) is 12.3 Å². The van der Waals surface area contributed by atoms with Gasteiger partial charge in [-0.15, -0.1) is 0 Å². The quantitative estimate of drug-likeness (QED) is 0.416. The number of pyridine rings is 1. The first-order valence-corrected chi connectivity index (χ1v) is 5.75. The van der Waals surface area contributed by atoms with Crippen molar-refractivity contribution in [2.24, 2.45) is 0 Å². The fraction of sp³-hybridized carbons (Fsp3) is 0.455. The van der Waals surface area contributed by atoms with Crippen molar-refractivity contribution in [3.63, 3.8) is 0 Å². The maximum atomic E-state index is 10.9. The van der Waals surface area contributed by atoms with E-state index in [0.29, 0.717) is 0 Å². The molecular formula is C11H16N4O5. The zero-order valence-corrected chi connectivity index (χ0v) is 11.0. The zero-order chi connectivity index (χ0) is 15.4. The van der Waals surface area contributed by atoms with Crippen LogP contribution < -0.4 is 11.1 Å². The highest BCUT2D eigenvalue weighted by molar-refractivity contribution is 5.72. The Balaban J connectivity index is 3.04. The summed E-state index contributed by atoms with van der Waals surface area (Å²) in [6, 6.07) is 0. The van der Waals surface area contributed by atoms with Gasteiger partial charge in [-0.25, -0.2) is 4.98 Å². The molecule has 9 heteroatoms. The molecule has 0 aliphatic carbocycles. The van der Waals surface area contributed by atoms with E-state index in [4.69, 9.17) is 5.73 Å². The molecule has 0 aliphatic heterocycles. The third-order valence-electron chi connectivity index (χ3n) is 2.80. The van der Waals surface area contributed by atoms with E-state index in [1.165, 1.54) is 20.0 Å². The fourth-order valence-corrected chi connectivity index (χ4v) is 1.72. The van der Waals surface area contributed by atoms with Crippen LogP contribution in [0, 0.1) is 17.0 Å². The van der Waals surface area contributed by atoms with Gasteiger partial charge >= 0.3 is 5.69 Å². The number of nitrogen functional groups attached to an aromatic ring is 1. The number of nitrogens with two attached hydrogens (primary N) is 1. The molecule has 0 spiro atoms. The van der Waals surface area contributed by atoms with Crippen LogP contribution in [-0.4, -0.2) is 38.7 Å². The first-order valence-electron chi connectivity index (χ1n) is 5.75. The SMILES string of the molecule is CC(=O)NCC(O)C(O)c1cnc(N)c([N+](=O)[O-])c1C. The molecule has 0 fully saturated rings. The second-order valence-corrected chi connectivity index (χ2v) is 4.28. The highest BCUT2D eigenvalue weighted by atomic mass is 16.6. The maximum Gasteiger partial charge on any atom is 0.314 e. The van der Waals surface area contributed by atoms with Crippen LogP contribution in [0.3, 0.4) is 0 Å². The van der Waals surface area contributed by atoms with Gasteiger partial charge in [0.2, 0.25) is 11.7 Å². The van der Waals surface area contributed by atoms with Gasteiger partial charge in [-0.1, -0.05) is 0 Å². The highest BCUT2D eigenvalue weighted by Crippen LogP contribution is 2.30. The Morgan fingerprint density at radius 2 is 2.20 bits per heavy atom. The summed E-state index contributed by atoms with van der Waals surface area (Å²) in [5.74, 6) is -0.630. The van der Waals surface area contributed by atoms with Crippen LogP contribution in [0.25, 0.3) is 0 Å². The summed E-state index contributed by atoms with van der Waals surface area (Å²) in [6.45, 7) is 2.48. The van der Waals surface area contributed by atoms with Crippen LogP contribution in [0.1, 0.15) is 24.2 Å². The van der Waals surface area contributed by atoms with Crippen LogP contribution in [0.2, 0.25) is 0 Å². The number of anilines is 1. The third-order valence-corrected chi connectivity index (χ3v) is 2.80. The van der Waals surface area contributed by atoms with E-state index in [2.05, 4.69) is 10.3 Å². The number of nitrogens with one attached hydrogen (secondary N) is 1. The van der Waals surface area contributed by atoms with Gasteiger partial charge in [-0.3, -0.25) is 14.9 Å². The first kappa shape index (κ1) is 15.8. The third kappa shape index (κ3) is 3.39. The normalized spacial score (nSPS) is 13.6. The molecule has 110 valence electrons. The number of aliphatic hydroxyl groups is 2. The van der Waals surface area contributed by atoms with E-state index in [-0.39, 0.29) is 29.4 Å². The number of carbonyl (C=O) groups excluding carboxylic acids is 1. The molecule has 1 rings (SSSR count). The van der Waals surface area contributed by atoms with E-state index in [1.807, 2.05) is 0 Å². The van der Waals surface area contributed by atoms with Gasteiger partial charge in [-0.2, -0.15) is 0 Å². The molecule has 9 nitrogen and oxygen atoms in total. The van der Waals surface area contributed by atoms with Crippen LogP contribution in [0.15, 0.2) is 6.20 Å². The van der Waals surface area contributed by atoms with Crippen LogP contribution in [0.4, 0.5) is 11.5 Å². The number of hydrogen-bond donors (Lipinski definition) is 4. The van der Waals surface area contributed by atoms with E-state index in [9.17, 15) is 25.1 Å². The first-order chi connectivity index (χ1) is 9.25. The second kappa shape index (κ2) is 6.26. The summed E-state index contributed by atoms with van der Waals surface area (Å²) in [7, 11) is 0.